The van der Waals surface area contributed by atoms with Crippen molar-refractivity contribution < 1.29 is 4.74 Å². The van der Waals surface area contributed by atoms with E-state index in [-0.39, 0.29) is 0 Å². The Bertz CT molecular complexity index is 284. The van der Waals surface area contributed by atoms with Crippen molar-refractivity contribution in [2.75, 3.05) is 19.0 Å². The summed E-state index contributed by atoms with van der Waals surface area (Å²) in [6, 6.07) is 7.58. The van der Waals surface area contributed by atoms with Gasteiger partial charge in [0.1, 0.15) is 5.75 Å². The molecule has 0 radical (unpaired) electrons. The van der Waals surface area contributed by atoms with Crippen LogP contribution in [-0.2, 0) is 0 Å². The van der Waals surface area contributed by atoms with Crippen molar-refractivity contribution in [3.8, 4) is 5.75 Å². The Morgan fingerprint density at radius 1 is 1.46 bits per heavy atom. The van der Waals surface area contributed by atoms with Crippen LogP contribution < -0.4 is 15.8 Å². The Labute approximate surface area is 82.9 Å². The zero-order valence-corrected chi connectivity index (χ0v) is 8.23. The maximum Gasteiger partial charge on any atom is 0.119 e. The second-order valence-corrected chi connectivity index (χ2v) is 3.07. The summed E-state index contributed by atoms with van der Waals surface area (Å²) in [6.07, 6.45) is 0. The number of methoxy groups -OCH3 is 1. The van der Waals surface area contributed by atoms with Gasteiger partial charge in [-0.05, 0) is 24.3 Å². The van der Waals surface area contributed by atoms with Crippen LogP contribution in [0.1, 0.15) is 0 Å². The van der Waals surface area contributed by atoms with Crippen LogP contribution in [0.3, 0.4) is 0 Å². The first-order valence-electron chi connectivity index (χ1n) is 3.88. The van der Waals surface area contributed by atoms with E-state index in [1.807, 2.05) is 24.3 Å². The third-order valence-electron chi connectivity index (χ3n) is 1.56. The highest BCUT2D eigenvalue weighted by Gasteiger charge is 1.93. The molecule has 0 heterocycles. The molecule has 0 fully saturated rings. The first-order valence-corrected chi connectivity index (χ1v) is 4.29. The minimum absolute atomic E-state index is 0.454. The quantitative estimate of drug-likeness (QED) is 0.714. The zero-order valence-electron chi connectivity index (χ0n) is 7.41. The van der Waals surface area contributed by atoms with Crippen molar-refractivity contribution in [2.45, 2.75) is 0 Å². The van der Waals surface area contributed by atoms with Gasteiger partial charge in [0.15, 0.2) is 0 Å². The Balaban J connectivity index is 2.54. The van der Waals surface area contributed by atoms with Gasteiger partial charge in [-0.25, -0.2) is 0 Å². The minimum Gasteiger partial charge on any atom is -0.497 e. The molecule has 0 bridgehead atoms. The van der Waals surface area contributed by atoms with Gasteiger partial charge in [-0.2, -0.15) is 0 Å². The van der Waals surface area contributed by atoms with E-state index in [4.69, 9.17) is 22.7 Å². The Hall–Kier alpha value is -1.29. The fraction of sp³-hybridized carbons (Fsp3) is 0.222. The molecule has 0 aromatic heterocycles. The first kappa shape index (κ1) is 9.80. The predicted molar refractivity (Wildman–Crippen MR) is 58.3 cm³/mol. The molecule has 0 aliphatic rings. The van der Waals surface area contributed by atoms with E-state index in [0.29, 0.717) is 11.5 Å². The normalized spacial score (nSPS) is 9.31. The van der Waals surface area contributed by atoms with E-state index in [1.165, 1.54) is 0 Å². The van der Waals surface area contributed by atoms with Gasteiger partial charge in [-0.3, -0.25) is 0 Å². The number of nitrogens with two attached hydrogens (primary N) is 1. The van der Waals surface area contributed by atoms with Gasteiger partial charge < -0.3 is 15.8 Å². The van der Waals surface area contributed by atoms with Gasteiger partial charge in [0.2, 0.25) is 0 Å². The van der Waals surface area contributed by atoms with Crippen LogP contribution in [-0.4, -0.2) is 18.6 Å². The van der Waals surface area contributed by atoms with Crippen LogP contribution >= 0.6 is 12.2 Å². The lowest BCUT2D eigenvalue weighted by Crippen LogP contribution is -2.19. The topological polar surface area (TPSA) is 47.3 Å². The maximum absolute atomic E-state index is 5.34. The van der Waals surface area contributed by atoms with Gasteiger partial charge in [-0.1, -0.05) is 12.2 Å². The van der Waals surface area contributed by atoms with Crippen LogP contribution in [0.25, 0.3) is 0 Å². The summed E-state index contributed by atoms with van der Waals surface area (Å²) in [5, 5.41) is 3.07. The molecule has 0 unspecified atom stereocenters. The van der Waals surface area contributed by atoms with Crippen LogP contribution in [0.4, 0.5) is 5.69 Å². The molecule has 1 aromatic rings. The third-order valence-corrected chi connectivity index (χ3v) is 1.70. The Morgan fingerprint density at radius 2 is 2.08 bits per heavy atom. The fourth-order valence-corrected chi connectivity index (χ4v) is 0.970. The number of benzene rings is 1. The van der Waals surface area contributed by atoms with Crippen molar-refractivity contribution >= 4 is 22.9 Å². The number of thiocarbonyl (C=S) groups is 1. The molecule has 1 rings (SSSR count). The molecule has 4 heteroatoms. The standard InChI is InChI=1S/C9H12N2OS/c1-12-8-4-2-7(3-5-8)11-6-9(10)13/h2-5,11H,6H2,1H3,(H2,10,13). The molecule has 0 aliphatic carbocycles. The molecule has 0 amide bonds. The first-order chi connectivity index (χ1) is 6.22. The predicted octanol–water partition coefficient (Wildman–Crippen LogP) is 1.39. The molecular formula is C9H12N2OS. The zero-order chi connectivity index (χ0) is 9.68. The van der Waals surface area contributed by atoms with Crippen LogP contribution in [0.2, 0.25) is 0 Å². The highest BCUT2D eigenvalue weighted by molar-refractivity contribution is 7.80. The molecule has 0 atom stereocenters. The summed E-state index contributed by atoms with van der Waals surface area (Å²) in [5.41, 5.74) is 6.32. The number of hydrogen-bond acceptors (Lipinski definition) is 3. The lowest BCUT2D eigenvalue weighted by atomic mass is 10.3. The molecule has 0 aliphatic heterocycles. The monoisotopic (exact) mass is 196 g/mol. The number of ether oxygens (including phenoxy) is 1. The Morgan fingerprint density at radius 3 is 2.54 bits per heavy atom. The highest BCUT2D eigenvalue weighted by atomic mass is 32.1. The van der Waals surface area contributed by atoms with E-state index in [2.05, 4.69) is 5.32 Å². The lowest BCUT2D eigenvalue weighted by Gasteiger charge is -2.05. The SMILES string of the molecule is COc1ccc(NCC(N)=S)cc1. The van der Waals surface area contributed by atoms with Crippen molar-refractivity contribution in [1.82, 2.24) is 0 Å². The summed E-state index contributed by atoms with van der Waals surface area (Å²) >= 11 is 4.73. The van der Waals surface area contributed by atoms with Crippen LogP contribution in [0, 0.1) is 0 Å². The third kappa shape index (κ3) is 3.29. The summed E-state index contributed by atoms with van der Waals surface area (Å²) < 4.78 is 5.02. The van der Waals surface area contributed by atoms with Gasteiger partial charge in [0, 0.05) is 5.69 Å². The summed E-state index contributed by atoms with van der Waals surface area (Å²) in [6.45, 7) is 0.516. The molecule has 13 heavy (non-hydrogen) atoms. The van der Waals surface area contributed by atoms with Gasteiger partial charge in [-0.15, -0.1) is 0 Å². The molecule has 1 aromatic carbocycles. The highest BCUT2D eigenvalue weighted by Crippen LogP contribution is 2.14. The molecule has 70 valence electrons. The van der Waals surface area contributed by atoms with Crippen molar-refractivity contribution in [3.05, 3.63) is 24.3 Å². The molecular weight excluding hydrogens is 184 g/mol. The largest absolute Gasteiger partial charge is 0.497 e. The number of nitrogens with one attached hydrogen (secondary N) is 1. The molecule has 0 saturated heterocycles. The maximum atomic E-state index is 5.34. The van der Waals surface area contributed by atoms with E-state index in [9.17, 15) is 0 Å². The summed E-state index contributed by atoms with van der Waals surface area (Å²) in [5.74, 6) is 0.834. The molecule has 3 N–H and O–H groups in total. The molecule has 0 saturated carbocycles. The smallest absolute Gasteiger partial charge is 0.119 e. The number of hydrogen-bond donors (Lipinski definition) is 2. The summed E-state index contributed by atoms with van der Waals surface area (Å²) in [7, 11) is 1.64. The molecule has 3 nitrogen and oxygen atoms in total. The van der Waals surface area contributed by atoms with Gasteiger partial charge in [0.05, 0.1) is 18.6 Å². The van der Waals surface area contributed by atoms with Gasteiger partial charge in [0.25, 0.3) is 0 Å². The second kappa shape index (κ2) is 4.67. The van der Waals surface area contributed by atoms with E-state index < -0.39 is 0 Å². The van der Waals surface area contributed by atoms with Crippen LogP contribution in [0.15, 0.2) is 24.3 Å². The average molecular weight is 196 g/mol. The van der Waals surface area contributed by atoms with Crippen LogP contribution in [0.5, 0.6) is 5.75 Å². The lowest BCUT2D eigenvalue weighted by molar-refractivity contribution is 0.415. The van der Waals surface area contributed by atoms with Crippen molar-refractivity contribution in [1.29, 1.82) is 0 Å². The van der Waals surface area contributed by atoms with E-state index in [0.717, 1.165) is 11.4 Å². The van der Waals surface area contributed by atoms with Crippen molar-refractivity contribution in [3.63, 3.8) is 0 Å². The number of rotatable bonds is 4. The van der Waals surface area contributed by atoms with E-state index >= 15 is 0 Å². The second-order valence-electron chi connectivity index (χ2n) is 2.55. The fourth-order valence-electron chi connectivity index (χ4n) is 0.898. The number of anilines is 1. The Kier molecular flexibility index (Phi) is 3.52. The molecule has 0 spiro atoms. The van der Waals surface area contributed by atoms with Gasteiger partial charge >= 0.3 is 0 Å². The summed E-state index contributed by atoms with van der Waals surface area (Å²) in [4.78, 5) is 0.454. The minimum atomic E-state index is 0.454. The van der Waals surface area contributed by atoms with Crippen molar-refractivity contribution in [2.24, 2.45) is 5.73 Å². The van der Waals surface area contributed by atoms with E-state index in [1.54, 1.807) is 7.11 Å². The average Bonchev–Trinajstić information content (AvgIpc) is 2.15.